The summed E-state index contributed by atoms with van der Waals surface area (Å²) in [6.07, 6.45) is 4.64. The monoisotopic (exact) mass is 227 g/mol. The molecule has 2 aromatic rings. The molecule has 0 aliphatic rings. The maximum Gasteiger partial charge on any atom is 0.0394 e. The zero-order chi connectivity index (χ0) is 12.1. The molecule has 0 unspecified atom stereocenters. The molecule has 1 aromatic carbocycles. The normalized spacial score (nSPS) is 10.2. The first kappa shape index (κ1) is 11.5. The highest BCUT2D eigenvalue weighted by Gasteiger charge is 2.00. The Bertz CT molecular complexity index is 451. The van der Waals surface area contributed by atoms with Crippen molar-refractivity contribution in [2.24, 2.45) is 0 Å². The lowest BCUT2D eigenvalue weighted by Crippen LogP contribution is -2.20. The van der Waals surface area contributed by atoms with Gasteiger partial charge in [-0.15, -0.1) is 0 Å². The highest BCUT2D eigenvalue weighted by atomic mass is 15.1. The van der Waals surface area contributed by atoms with Crippen LogP contribution < -0.4 is 10.6 Å². The SMILES string of the molecule is CN(CCc1ccc(N)cc1)c1ccncc1. The molecule has 0 fully saturated rings. The molecule has 1 aromatic heterocycles. The number of nitrogen functional groups attached to an aromatic ring is 1. The van der Waals surface area contributed by atoms with Crippen molar-refractivity contribution in [1.29, 1.82) is 0 Å². The van der Waals surface area contributed by atoms with Crippen LogP contribution in [-0.4, -0.2) is 18.6 Å². The van der Waals surface area contributed by atoms with Crippen LogP contribution in [0.3, 0.4) is 0 Å². The molecular formula is C14H17N3. The van der Waals surface area contributed by atoms with Crippen LogP contribution in [-0.2, 0) is 6.42 Å². The van der Waals surface area contributed by atoms with Crippen LogP contribution in [0.25, 0.3) is 0 Å². The van der Waals surface area contributed by atoms with Gasteiger partial charge in [0.2, 0.25) is 0 Å². The zero-order valence-electron chi connectivity index (χ0n) is 10.0. The maximum atomic E-state index is 5.66. The molecule has 0 amide bonds. The summed E-state index contributed by atoms with van der Waals surface area (Å²) in [5.74, 6) is 0. The number of anilines is 2. The minimum Gasteiger partial charge on any atom is -0.399 e. The molecule has 0 saturated carbocycles. The van der Waals surface area contributed by atoms with E-state index in [0.29, 0.717) is 0 Å². The molecule has 1 heterocycles. The minimum atomic E-state index is 0.816. The lowest BCUT2D eigenvalue weighted by atomic mass is 10.1. The predicted octanol–water partition coefficient (Wildman–Crippen LogP) is 2.34. The van der Waals surface area contributed by atoms with Crippen molar-refractivity contribution in [3.05, 3.63) is 54.4 Å². The van der Waals surface area contributed by atoms with Crippen LogP contribution in [0.1, 0.15) is 5.56 Å². The Kier molecular flexibility index (Phi) is 3.60. The first-order valence-corrected chi connectivity index (χ1v) is 5.71. The van der Waals surface area contributed by atoms with E-state index in [9.17, 15) is 0 Å². The largest absolute Gasteiger partial charge is 0.399 e. The molecule has 0 saturated heterocycles. The zero-order valence-corrected chi connectivity index (χ0v) is 10.0. The summed E-state index contributed by atoms with van der Waals surface area (Å²) in [6.45, 7) is 0.980. The van der Waals surface area contributed by atoms with Crippen LogP contribution >= 0.6 is 0 Å². The highest BCUT2D eigenvalue weighted by molar-refractivity contribution is 5.44. The molecule has 0 aliphatic heterocycles. The number of hydrogen-bond acceptors (Lipinski definition) is 3. The Morgan fingerprint density at radius 1 is 1.06 bits per heavy atom. The molecule has 17 heavy (non-hydrogen) atoms. The van der Waals surface area contributed by atoms with E-state index in [0.717, 1.165) is 18.7 Å². The Morgan fingerprint density at radius 2 is 1.71 bits per heavy atom. The van der Waals surface area contributed by atoms with Crippen LogP contribution in [0.2, 0.25) is 0 Å². The molecule has 2 rings (SSSR count). The van der Waals surface area contributed by atoms with Crippen molar-refractivity contribution < 1.29 is 0 Å². The van der Waals surface area contributed by atoms with Crippen LogP contribution in [0.15, 0.2) is 48.8 Å². The van der Waals surface area contributed by atoms with Crippen molar-refractivity contribution in [2.45, 2.75) is 6.42 Å². The molecule has 0 radical (unpaired) electrons. The van der Waals surface area contributed by atoms with Crippen LogP contribution in [0, 0.1) is 0 Å². The molecule has 0 atom stereocenters. The number of pyridine rings is 1. The van der Waals surface area contributed by atoms with Gasteiger partial charge in [0.05, 0.1) is 0 Å². The average Bonchev–Trinajstić information content (AvgIpc) is 2.39. The molecular weight excluding hydrogens is 210 g/mol. The second-order valence-electron chi connectivity index (χ2n) is 4.12. The van der Waals surface area contributed by atoms with Crippen LogP contribution in [0.4, 0.5) is 11.4 Å². The van der Waals surface area contributed by atoms with Crippen molar-refractivity contribution in [1.82, 2.24) is 4.98 Å². The molecule has 0 spiro atoms. The van der Waals surface area contributed by atoms with E-state index >= 15 is 0 Å². The average molecular weight is 227 g/mol. The Morgan fingerprint density at radius 3 is 2.35 bits per heavy atom. The summed E-state index contributed by atoms with van der Waals surface area (Å²) >= 11 is 0. The van der Waals surface area contributed by atoms with Crippen molar-refractivity contribution in [3.8, 4) is 0 Å². The fourth-order valence-corrected chi connectivity index (χ4v) is 1.71. The van der Waals surface area contributed by atoms with Gasteiger partial charge in [0.1, 0.15) is 0 Å². The third-order valence-corrected chi connectivity index (χ3v) is 2.82. The topological polar surface area (TPSA) is 42.1 Å². The van der Waals surface area contributed by atoms with Crippen molar-refractivity contribution in [3.63, 3.8) is 0 Å². The molecule has 0 bridgehead atoms. The molecule has 3 nitrogen and oxygen atoms in total. The number of benzene rings is 1. The Labute approximate surface area is 102 Å². The summed E-state index contributed by atoms with van der Waals surface area (Å²) in [5.41, 5.74) is 8.97. The van der Waals surface area contributed by atoms with Gasteiger partial charge < -0.3 is 10.6 Å². The van der Waals surface area contributed by atoms with Gasteiger partial charge in [-0.1, -0.05) is 12.1 Å². The van der Waals surface area contributed by atoms with Gasteiger partial charge in [0, 0.05) is 37.4 Å². The Balaban J connectivity index is 1.92. The molecule has 88 valence electrons. The second kappa shape index (κ2) is 5.34. The molecule has 2 N–H and O–H groups in total. The molecule has 3 heteroatoms. The van der Waals surface area contributed by atoms with E-state index in [4.69, 9.17) is 5.73 Å². The first-order valence-electron chi connectivity index (χ1n) is 5.71. The second-order valence-corrected chi connectivity index (χ2v) is 4.12. The standard InChI is InChI=1S/C14H17N3/c1-17(14-6-9-16-10-7-14)11-8-12-2-4-13(15)5-3-12/h2-7,9-10H,8,11,15H2,1H3. The summed E-state index contributed by atoms with van der Waals surface area (Å²) in [6, 6.07) is 12.1. The van der Waals surface area contributed by atoms with Gasteiger partial charge >= 0.3 is 0 Å². The fraction of sp³-hybridized carbons (Fsp3) is 0.214. The number of rotatable bonds is 4. The summed E-state index contributed by atoms with van der Waals surface area (Å²) in [7, 11) is 2.09. The van der Waals surface area contributed by atoms with Gasteiger partial charge in [0.25, 0.3) is 0 Å². The van der Waals surface area contributed by atoms with E-state index in [-0.39, 0.29) is 0 Å². The van der Waals surface area contributed by atoms with Crippen LogP contribution in [0.5, 0.6) is 0 Å². The van der Waals surface area contributed by atoms with E-state index < -0.39 is 0 Å². The Hall–Kier alpha value is -2.03. The van der Waals surface area contributed by atoms with Crippen molar-refractivity contribution in [2.75, 3.05) is 24.2 Å². The number of likely N-dealkylation sites (N-methyl/N-ethyl adjacent to an activating group) is 1. The quantitative estimate of drug-likeness (QED) is 0.815. The van der Waals surface area contributed by atoms with E-state index in [1.54, 1.807) is 0 Å². The summed E-state index contributed by atoms with van der Waals surface area (Å²) in [4.78, 5) is 6.24. The lowest BCUT2D eigenvalue weighted by Gasteiger charge is -2.18. The smallest absolute Gasteiger partial charge is 0.0394 e. The third-order valence-electron chi connectivity index (χ3n) is 2.82. The predicted molar refractivity (Wildman–Crippen MR) is 72.1 cm³/mol. The van der Waals surface area contributed by atoms with E-state index in [1.165, 1.54) is 11.3 Å². The first-order chi connectivity index (χ1) is 8.25. The van der Waals surface area contributed by atoms with Gasteiger partial charge in [-0.05, 0) is 36.2 Å². The third kappa shape index (κ3) is 3.21. The van der Waals surface area contributed by atoms with Gasteiger partial charge in [-0.3, -0.25) is 4.98 Å². The van der Waals surface area contributed by atoms with E-state index in [2.05, 4.69) is 29.1 Å². The maximum absolute atomic E-state index is 5.66. The molecule has 0 aliphatic carbocycles. The summed E-state index contributed by atoms with van der Waals surface area (Å²) < 4.78 is 0. The van der Waals surface area contributed by atoms with Crippen molar-refractivity contribution >= 4 is 11.4 Å². The highest BCUT2D eigenvalue weighted by Crippen LogP contribution is 2.11. The van der Waals surface area contributed by atoms with E-state index in [1.807, 2.05) is 36.7 Å². The minimum absolute atomic E-state index is 0.816. The van der Waals surface area contributed by atoms with Gasteiger partial charge in [-0.25, -0.2) is 0 Å². The number of aromatic nitrogens is 1. The number of hydrogen-bond donors (Lipinski definition) is 1. The van der Waals surface area contributed by atoms with Gasteiger partial charge in [0.15, 0.2) is 0 Å². The van der Waals surface area contributed by atoms with Gasteiger partial charge in [-0.2, -0.15) is 0 Å². The number of nitrogens with two attached hydrogens (primary N) is 1. The summed E-state index contributed by atoms with van der Waals surface area (Å²) in [5, 5.41) is 0. The lowest BCUT2D eigenvalue weighted by molar-refractivity contribution is 0.875. The number of nitrogens with zero attached hydrogens (tertiary/aromatic N) is 2. The fourth-order valence-electron chi connectivity index (χ4n) is 1.71.